The molecule has 0 aromatic carbocycles. The largest absolute Gasteiger partial charge is 0.462 e. The van der Waals surface area contributed by atoms with Crippen LogP contribution in [-0.4, -0.2) is 23.3 Å². The topological polar surface area (TPSA) is 46.5 Å². The van der Waals surface area contributed by atoms with Gasteiger partial charge < -0.3 is 9.84 Å². The molecule has 1 N–H and O–H groups in total. The number of hydrogen-bond acceptors (Lipinski definition) is 3. The minimum absolute atomic E-state index is 0.0451. The van der Waals surface area contributed by atoms with E-state index < -0.39 is 0 Å². The maximum absolute atomic E-state index is 10.5. The molecule has 1 fully saturated rings. The van der Waals surface area contributed by atoms with Gasteiger partial charge in [0.1, 0.15) is 6.10 Å². The molecule has 11 heavy (non-hydrogen) atoms. The molecule has 0 radical (unpaired) electrons. The standard InChI is InChI=1S/C8H14O3/c1-6(9)11-8-4-2-3-7(10)5-8/h7-8,10H,2-5H2,1H3. The molecule has 1 rings (SSSR count). The zero-order valence-electron chi connectivity index (χ0n) is 6.75. The molecule has 3 nitrogen and oxygen atoms in total. The molecular formula is C8H14O3. The molecule has 64 valence electrons. The molecule has 0 aromatic rings. The number of carbonyl (C=O) groups excluding carboxylic acids is 1. The van der Waals surface area contributed by atoms with E-state index in [2.05, 4.69) is 0 Å². The van der Waals surface area contributed by atoms with Crippen LogP contribution in [0.25, 0.3) is 0 Å². The van der Waals surface area contributed by atoms with Crippen molar-refractivity contribution in [2.24, 2.45) is 0 Å². The van der Waals surface area contributed by atoms with Gasteiger partial charge in [-0.1, -0.05) is 0 Å². The van der Waals surface area contributed by atoms with Crippen molar-refractivity contribution in [3.05, 3.63) is 0 Å². The fourth-order valence-electron chi connectivity index (χ4n) is 1.46. The Hall–Kier alpha value is -0.570. The van der Waals surface area contributed by atoms with Crippen molar-refractivity contribution >= 4 is 5.97 Å². The first-order valence-electron chi connectivity index (χ1n) is 4.04. The van der Waals surface area contributed by atoms with Crippen molar-refractivity contribution in [2.45, 2.75) is 44.8 Å². The van der Waals surface area contributed by atoms with E-state index in [-0.39, 0.29) is 18.2 Å². The van der Waals surface area contributed by atoms with Gasteiger partial charge in [0.05, 0.1) is 6.10 Å². The number of rotatable bonds is 1. The Morgan fingerprint density at radius 3 is 2.82 bits per heavy atom. The highest BCUT2D eigenvalue weighted by molar-refractivity contribution is 5.66. The van der Waals surface area contributed by atoms with E-state index in [1.54, 1.807) is 0 Å². The lowest BCUT2D eigenvalue weighted by Crippen LogP contribution is -2.27. The summed E-state index contributed by atoms with van der Waals surface area (Å²) in [5, 5.41) is 9.20. The Bertz CT molecular complexity index is 144. The van der Waals surface area contributed by atoms with E-state index in [0.717, 1.165) is 19.3 Å². The number of aliphatic hydroxyl groups excluding tert-OH is 1. The molecule has 0 amide bonds. The molecule has 0 heterocycles. The van der Waals surface area contributed by atoms with Crippen LogP contribution in [0.1, 0.15) is 32.6 Å². The van der Waals surface area contributed by atoms with E-state index in [1.807, 2.05) is 0 Å². The number of hydrogen-bond donors (Lipinski definition) is 1. The smallest absolute Gasteiger partial charge is 0.302 e. The third kappa shape index (κ3) is 2.89. The lowest BCUT2D eigenvalue weighted by molar-refractivity contribution is -0.149. The van der Waals surface area contributed by atoms with E-state index in [4.69, 9.17) is 4.74 Å². The third-order valence-electron chi connectivity index (χ3n) is 1.93. The Labute approximate surface area is 66.4 Å². The van der Waals surface area contributed by atoms with E-state index in [0.29, 0.717) is 6.42 Å². The summed E-state index contributed by atoms with van der Waals surface area (Å²) < 4.78 is 4.96. The van der Waals surface area contributed by atoms with E-state index >= 15 is 0 Å². The molecule has 1 saturated carbocycles. The zero-order chi connectivity index (χ0) is 8.27. The summed E-state index contributed by atoms with van der Waals surface area (Å²) in [6.45, 7) is 1.40. The Morgan fingerprint density at radius 1 is 1.55 bits per heavy atom. The predicted octanol–water partition coefficient (Wildman–Crippen LogP) is 0.853. The maximum Gasteiger partial charge on any atom is 0.302 e. The molecule has 0 aromatic heterocycles. The zero-order valence-corrected chi connectivity index (χ0v) is 6.75. The van der Waals surface area contributed by atoms with Gasteiger partial charge in [-0.05, 0) is 19.3 Å². The summed E-state index contributed by atoms with van der Waals surface area (Å²) in [5.74, 6) is -0.246. The lowest BCUT2D eigenvalue weighted by Gasteiger charge is -2.24. The second-order valence-corrected chi connectivity index (χ2v) is 3.05. The monoisotopic (exact) mass is 158 g/mol. The van der Waals surface area contributed by atoms with Gasteiger partial charge in [-0.25, -0.2) is 0 Å². The highest BCUT2D eigenvalue weighted by Gasteiger charge is 2.21. The van der Waals surface area contributed by atoms with Crippen LogP contribution in [0.4, 0.5) is 0 Å². The summed E-state index contributed by atoms with van der Waals surface area (Å²) in [6.07, 6.45) is 3.00. The highest BCUT2D eigenvalue weighted by atomic mass is 16.5. The van der Waals surface area contributed by atoms with Crippen LogP contribution < -0.4 is 0 Å². The van der Waals surface area contributed by atoms with Crippen molar-refractivity contribution in [2.75, 3.05) is 0 Å². The van der Waals surface area contributed by atoms with Gasteiger partial charge in [-0.15, -0.1) is 0 Å². The van der Waals surface area contributed by atoms with Crippen LogP contribution in [0, 0.1) is 0 Å². The molecule has 0 spiro atoms. The van der Waals surface area contributed by atoms with Crippen LogP contribution in [-0.2, 0) is 9.53 Å². The first-order chi connectivity index (χ1) is 5.18. The quantitative estimate of drug-likeness (QED) is 0.575. The Balaban J connectivity index is 2.28. The number of carbonyl (C=O) groups is 1. The molecular weight excluding hydrogens is 144 g/mol. The molecule has 0 bridgehead atoms. The molecule has 0 saturated heterocycles. The molecule has 2 atom stereocenters. The van der Waals surface area contributed by atoms with Gasteiger partial charge in [-0.2, -0.15) is 0 Å². The van der Waals surface area contributed by atoms with Crippen molar-refractivity contribution in [1.82, 2.24) is 0 Å². The summed E-state index contributed by atoms with van der Waals surface area (Å²) in [7, 11) is 0. The summed E-state index contributed by atoms with van der Waals surface area (Å²) in [6, 6.07) is 0. The van der Waals surface area contributed by atoms with Gasteiger partial charge in [0.25, 0.3) is 0 Å². The Morgan fingerprint density at radius 2 is 2.27 bits per heavy atom. The molecule has 0 aliphatic heterocycles. The minimum atomic E-state index is -0.270. The van der Waals surface area contributed by atoms with Gasteiger partial charge >= 0.3 is 5.97 Å². The maximum atomic E-state index is 10.5. The summed E-state index contributed by atoms with van der Waals surface area (Å²) in [5.41, 5.74) is 0. The van der Waals surface area contributed by atoms with Crippen LogP contribution in [0.3, 0.4) is 0 Å². The van der Waals surface area contributed by atoms with Crippen molar-refractivity contribution < 1.29 is 14.6 Å². The average Bonchev–Trinajstić information content (AvgIpc) is 1.85. The van der Waals surface area contributed by atoms with E-state index in [1.165, 1.54) is 6.92 Å². The first kappa shape index (κ1) is 8.53. The fraction of sp³-hybridized carbons (Fsp3) is 0.875. The summed E-state index contributed by atoms with van der Waals surface area (Å²) >= 11 is 0. The Kier molecular flexibility index (Phi) is 2.88. The van der Waals surface area contributed by atoms with Crippen molar-refractivity contribution in [3.8, 4) is 0 Å². The molecule has 2 unspecified atom stereocenters. The van der Waals surface area contributed by atoms with Gasteiger partial charge in [0, 0.05) is 13.3 Å². The first-order valence-corrected chi connectivity index (χ1v) is 4.04. The summed E-state index contributed by atoms with van der Waals surface area (Å²) in [4.78, 5) is 10.5. The van der Waals surface area contributed by atoms with Crippen molar-refractivity contribution in [1.29, 1.82) is 0 Å². The van der Waals surface area contributed by atoms with Crippen LogP contribution >= 0.6 is 0 Å². The average molecular weight is 158 g/mol. The normalized spacial score (nSPS) is 31.5. The number of aliphatic hydroxyl groups is 1. The second kappa shape index (κ2) is 3.72. The second-order valence-electron chi connectivity index (χ2n) is 3.05. The van der Waals surface area contributed by atoms with Gasteiger partial charge in [0.2, 0.25) is 0 Å². The van der Waals surface area contributed by atoms with Crippen LogP contribution in [0.15, 0.2) is 0 Å². The molecule has 1 aliphatic carbocycles. The van der Waals surface area contributed by atoms with E-state index in [9.17, 15) is 9.90 Å². The fourth-order valence-corrected chi connectivity index (χ4v) is 1.46. The predicted molar refractivity (Wildman–Crippen MR) is 40.0 cm³/mol. The van der Waals surface area contributed by atoms with Crippen molar-refractivity contribution in [3.63, 3.8) is 0 Å². The van der Waals surface area contributed by atoms with Crippen LogP contribution in [0.2, 0.25) is 0 Å². The third-order valence-corrected chi connectivity index (χ3v) is 1.93. The molecule has 1 aliphatic rings. The highest BCUT2D eigenvalue weighted by Crippen LogP contribution is 2.20. The van der Waals surface area contributed by atoms with Crippen LogP contribution in [0.5, 0.6) is 0 Å². The lowest BCUT2D eigenvalue weighted by atomic mass is 9.95. The van der Waals surface area contributed by atoms with Gasteiger partial charge in [0.15, 0.2) is 0 Å². The number of esters is 1. The van der Waals surface area contributed by atoms with Gasteiger partial charge in [-0.3, -0.25) is 4.79 Å². The minimum Gasteiger partial charge on any atom is -0.462 e. The molecule has 3 heteroatoms. The number of ether oxygens (including phenoxy) is 1. The SMILES string of the molecule is CC(=O)OC1CCCC(O)C1.